The van der Waals surface area contributed by atoms with E-state index in [2.05, 4.69) is 28.4 Å². The Hall–Kier alpha value is -2.34. The molecule has 2 N–H and O–H groups in total. The molecule has 2 aliphatic heterocycles. The van der Waals surface area contributed by atoms with Gasteiger partial charge in [0.2, 0.25) is 5.95 Å². The minimum absolute atomic E-state index is 0.0141. The van der Waals surface area contributed by atoms with Gasteiger partial charge in [0, 0.05) is 56.3 Å². The summed E-state index contributed by atoms with van der Waals surface area (Å²) in [6.45, 7) is 14.1. The Morgan fingerprint density at radius 3 is 2.77 bits per heavy atom. The molecule has 0 saturated carbocycles. The van der Waals surface area contributed by atoms with Crippen LogP contribution in [-0.2, 0) is 0 Å². The van der Waals surface area contributed by atoms with Crippen LogP contribution in [0.5, 0.6) is 0 Å². The average molecular weight is 299 g/mol. The molecular formula is C16H21N5O. The largest absolute Gasteiger partial charge is 0.508 e. The lowest BCUT2D eigenvalue weighted by Crippen LogP contribution is -2.44. The molecule has 1 saturated heterocycles. The minimum Gasteiger partial charge on any atom is -0.508 e. The summed E-state index contributed by atoms with van der Waals surface area (Å²) in [5.41, 5.74) is 2.18. The second kappa shape index (κ2) is 5.81. The highest BCUT2D eigenvalue weighted by molar-refractivity contribution is 5.89. The van der Waals surface area contributed by atoms with Gasteiger partial charge in [0.25, 0.3) is 0 Å². The Morgan fingerprint density at radius 2 is 2.14 bits per heavy atom. The zero-order valence-electron chi connectivity index (χ0n) is 12.8. The normalized spacial score (nSPS) is 18.0. The molecule has 116 valence electrons. The molecule has 0 aliphatic carbocycles. The molecule has 22 heavy (non-hydrogen) atoms. The summed E-state index contributed by atoms with van der Waals surface area (Å²) >= 11 is 0. The second-order valence-electron chi connectivity index (χ2n) is 5.40. The summed E-state index contributed by atoms with van der Waals surface area (Å²) in [6, 6.07) is 0. The van der Waals surface area contributed by atoms with E-state index in [1.165, 1.54) is 0 Å². The minimum atomic E-state index is 0.0141. The fraction of sp³-hybridized carbons (Fsp3) is 0.375. The second-order valence-corrected chi connectivity index (χ2v) is 5.40. The summed E-state index contributed by atoms with van der Waals surface area (Å²) in [4.78, 5) is 13.4. The fourth-order valence-corrected chi connectivity index (χ4v) is 2.74. The van der Waals surface area contributed by atoms with Crippen LogP contribution in [0.1, 0.15) is 12.5 Å². The van der Waals surface area contributed by atoms with E-state index in [1.54, 1.807) is 6.20 Å². The lowest BCUT2D eigenvalue weighted by Gasteiger charge is -2.31. The van der Waals surface area contributed by atoms with Crippen LogP contribution in [-0.4, -0.2) is 47.8 Å². The van der Waals surface area contributed by atoms with Gasteiger partial charge in [0.1, 0.15) is 11.6 Å². The van der Waals surface area contributed by atoms with Crippen LogP contribution in [0.2, 0.25) is 0 Å². The quantitative estimate of drug-likeness (QED) is 0.828. The molecule has 0 radical (unpaired) electrons. The summed E-state index contributed by atoms with van der Waals surface area (Å²) in [5.74, 6) is 1.59. The van der Waals surface area contributed by atoms with E-state index in [9.17, 15) is 5.11 Å². The van der Waals surface area contributed by atoms with Crippen molar-refractivity contribution in [3.05, 3.63) is 42.5 Å². The van der Waals surface area contributed by atoms with Gasteiger partial charge in [-0.1, -0.05) is 13.2 Å². The number of hydrogen-bond acceptors (Lipinski definition) is 6. The van der Waals surface area contributed by atoms with Crippen molar-refractivity contribution in [3.8, 4) is 0 Å². The van der Waals surface area contributed by atoms with Crippen LogP contribution < -0.4 is 15.1 Å². The third-order valence-corrected chi connectivity index (χ3v) is 4.01. The maximum Gasteiger partial charge on any atom is 0.227 e. The summed E-state index contributed by atoms with van der Waals surface area (Å²) < 4.78 is 0. The number of rotatable bonds is 3. The molecule has 0 spiro atoms. The Morgan fingerprint density at radius 1 is 1.41 bits per heavy atom. The number of aliphatic hydroxyl groups is 1. The highest BCUT2D eigenvalue weighted by Gasteiger charge is 2.25. The lowest BCUT2D eigenvalue weighted by atomic mass is 9.97. The van der Waals surface area contributed by atoms with Crippen molar-refractivity contribution in [1.82, 2.24) is 15.3 Å². The number of allylic oxidation sites excluding steroid dienone is 1. The van der Waals surface area contributed by atoms with Gasteiger partial charge in [0.15, 0.2) is 0 Å². The van der Waals surface area contributed by atoms with Crippen LogP contribution in [0.25, 0.3) is 5.57 Å². The van der Waals surface area contributed by atoms with Gasteiger partial charge in [-0.15, -0.1) is 0 Å². The third kappa shape index (κ3) is 2.46. The molecule has 3 rings (SSSR count). The molecule has 0 aromatic carbocycles. The van der Waals surface area contributed by atoms with Crippen molar-refractivity contribution >= 4 is 17.3 Å². The number of hydrogen-bond donors (Lipinski definition) is 2. The monoisotopic (exact) mass is 299 g/mol. The maximum absolute atomic E-state index is 9.74. The van der Waals surface area contributed by atoms with Gasteiger partial charge in [-0.2, -0.15) is 4.98 Å². The molecule has 0 bridgehead atoms. The average Bonchev–Trinajstić information content (AvgIpc) is 2.55. The van der Waals surface area contributed by atoms with Gasteiger partial charge >= 0.3 is 0 Å². The Labute approximate surface area is 130 Å². The van der Waals surface area contributed by atoms with E-state index in [1.807, 2.05) is 18.0 Å². The van der Waals surface area contributed by atoms with E-state index in [0.717, 1.165) is 50.1 Å². The topological polar surface area (TPSA) is 64.5 Å². The number of fused-ring (bicyclic) bond motifs is 1. The lowest BCUT2D eigenvalue weighted by molar-refractivity contribution is 0.429. The molecule has 6 heteroatoms. The van der Waals surface area contributed by atoms with Gasteiger partial charge in [-0.3, -0.25) is 0 Å². The third-order valence-electron chi connectivity index (χ3n) is 4.01. The predicted octanol–water partition coefficient (Wildman–Crippen LogP) is 1.69. The molecule has 1 fully saturated rings. The zero-order valence-corrected chi connectivity index (χ0v) is 12.8. The molecule has 2 aliphatic rings. The number of anilines is 2. The first-order valence-corrected chi connectivity index (χ1v) is 7.51. The van der Waals surface area contributed by atoms with E-state index in [-0.39, 0.29) is 5.76 Å². The predicted molar refractivity (Wildman–Crippen MR) is 89.0 cm³/mol. The maximum atomic E-state index is 9.74. The number of nitrogens with one attached hydrogen (secondary N) is 1. The summed E-state index contributed by atoms with van der Waals surface area (Å²) in [7, 11) is 0. The Balaban J connectivity index is 2.00. The van der Waals surface area contributed by atoms with E-state index >= 15 is 0 Å². The number of aromatic nitrogens is 2. The molecule has 1 aromatic heterocycles. The Kier molecular flexibility index (Phi) is 3.85. The highest BCUT2D eigenvalue weighted by Crippen LogP contribution is 2.37. The molecule has 6 nitrogen and oxygen atoms in total. The summed E-state index contributed by atoms with van der Waals surface area (Å²) in [6.07, 6.45) is 3.64. The van der Waals surface area contributed by atoms with Crippen LogP contribution in [0.3, 0.4) is 0 Å². The molecule has 0 unspecified atom stereocenters. The molecule has 0 amide bonds. The first-order valence-electron chi connectivity index (χ1n) is 7.51. The standard InChI is InChI=1S/C16H21N5O/c1-4-20-10-14(12(3)22)11(2)13-9-18-16(19-15(13)20)21-7-5-17-6-8-21/h9-10,17,22H,2-8H2,1H3. The highest BCUT2D eigenvalue weighted by atomic mass is 16.3. The number of aliphatic hydroxyl groups excluding tert-OH is 1. The molecule has 1 aromatic rings. The van der Waals surface area contributed by atoms with Gasteiger partial charge in [0.05, 0.1) is 0 Å². The number of nitrogens with zero attached hydrogens (tertiary/aromatic N) is 4. The molecular weight excluding hydrogens is 278 g/mol. The van der Waals surface area contributed by atoms with E-state index < -0.39 is 0 Å². The first-order chi connectivity index (χ1) is 10.6. The van der Waals surface area contributed by atoms with Crippen LogP contribution in [0, 0.1) is 0 Å². The van der Waals surface area contributed by atoms with Gasteiger partial charge in [-0.25, -0.2) is 4.98 Å². The van der Waals surface area contributed by atoms with Gasteiger partial charge in [-0.05, 0) is 12.5 Å². The van der Waals surface area contributed by atoms with Crippen molar-refractivity contribution in [2.24, 2.45) is 0 Å². The van der Waals surface area contributed by atoms with E-state index in [0.29, 0.717) is 11.1 Å². The van der Waals surface area contributed by atoms with Crippen molar-refractivity contribution < 1.29 is 5.11 Å². The molecule has 3 heterocycles. The van der Waals surface area contributed by atoms with Crippen LogP contribution in [0.15, 0.2) is 36.9 Å². The number of piperazine rings is 1. The van der Waals surface area contributed by atoms with Crippen molar-refractivity contribution in [2.75, 3.05) is 42.5 Å². The van der Waals surface area contributed by atoms with Crippen LogP contribution in [0.4, 0.5) is 11.8 Å². The van der Waals surface area contributed by atoms with Crippen LogP contribution >= 0.6 is 0 Å². The zero-order chi connectivity index (χ0) is 15.7. The summed E-state index contributed by atoms with van der Waals surface area (Å²) in [5, 5.41) is 13.1. The van der Waals surface area contributed by atoms with E-state index in [4.69, 9.17) is 4.98 Å². The van der Waals surface area contributed by atoms with Gasteiger partial charge < -0.3 is 20.2 Å². The molecule has 0 atom stereocenters. The Bertz CT molecular complexity index is 646. The van der Waals surface area contributed by atoms with Crippen molar-refractivity contribution in [1.29, 1.82) is 0 Å². The SMILES string of the molecule is C=C(O)C1=CN(CC)c2nc(N3CCNCC3)ncc2C1=C. The first kappa shape index (κ1) is 14.6. The van der Waals surface area contributed by atoms with Crippen molar-refractivity contribution in [3.63, 3.8) is 0 Å². The van der Waals surface area contributed by atoms with Crippen molar-refractivity contribution in [2.45, 2.75) is 6.92 Å². The fourth-order valence-electron chi connectivity index (χ4n) is 2.74. The smallest absolute Gasteiger partial charge is 0.227 e.